The van der Waals surface area contributed by atoms with Crippen LogP contribution in [0.2, 0.25) is 0 Å². The van der Waals surface area contributed by atoms with Crippen molar-refractivity contribution in [1.29, 1.82) is 0 Å². The summed E-state index contributed by atoms with van der Waals surface area (Å²) in [7, 11) is 0. The highest BCUT2D eigenvalue weighted by Crippen LogP contribution is 2.24. The molecule has 2 N–H and O–H groups in total. The number of nitrogens with zero attached hydrogens (tertiary/aromatic N) is 2. The van der Waals surface area contributed by atoms with Crippen molar-refractivity contribution in [3.8, 4) is 0 Å². The molecule has 2 amide bonds. The Labute approximate surface area is 118 Å². The summed E-state index contributed by atoms with van der Waals surface area (Å²) in [6, 6.07) is 5.63. The van der Waals surface area contributed by atoms with Crippen molar-refractivity contribution in [3.63, 3.8) is 0 Å². The molecule has 0 bridgehead atoms. The summed E-state index contributed by atoms with van der Waals surface area (Å²) in [4.78, 5) is 27.9. The lowest BCUT2D eigenvalue weighted by atomic mass is 10.1. The second-order valence-corrected chi connectivity index (χ2v) is 5.60. The predicted octanol–water partition coefficient (Wildman–Crippen LogP) is 1.02. The number of hydrogen-bond donors (Lipinski definition) is 1. The molecule has 1 aromatic carbocycles. The molecule has 5 heteroatoms. The molecule has 0 saturated carbocycles. The van der Waals surface area contributed by atoms with Crippen molar-refractivity contribution < 1.29 is 9.59 Å². The number of hydrogen-bond acceptors (Lipinski definition) is 3. The summed E-state index contributed by atoms with van der Waals surface area (Å²) >= 11 is 0. The number of piperazine rings is 1. The fourth-order valence-electron chi connectivity index (χ4n) is 3.00. The zero-order chi connectivity index (χ0) is 14.3. The van der Waals surface area contributed by atoms with E-state index in [1.54, 1.807) is 6.07 Å². The molecule has 20 heavy (non-hydrogen) atoms. The standard InChI is InChI=1S/C15H19N3O2/c1-10-2-3-11(8-13(10)16)15(20)17-6-7-18-12(9-17)4-5-14(18)19/h2-3,8,12H,4-7,9,16H2,1H3. The molecule has 2 aliphatic rings. The lowest BCUT2D eigenvalue weighted by Crippen LogP contribution is -2.53. The van der Waals surface area contributed by atoms with Gasteiger partial charge in [0.1, 0.15) is 0 Å². The number of fused-ring (bicyclic) bond motifs is 1. The molecule has 1 aromatic rings. The summed E-state index contributed by atoms with van der Waals surface area (Å²) < 4.78 is 0. The number of carbonyl (C=O) groups excluding carboxylic acids is 2. The first-order chi connectivity index (χ1) is 9.56. The molecule has 2 aliphatic heterocycles. The van der Waals surface area contributed by atoms with Crippen LogP contribution in [0, 0.1) is 6.92 Å². The average Bonchev–Trinajstić information content (AvgIpc) is 2.82. The average molecular weight is 273 g/mol. The number of rotatable bonds is 1. The van der Waals surface area contributed by atoms with E-state index in [1.165, 1.54) is 0 Å². The third-order valence-corrected chi connectivity index (χ3v) is 4.31. The quantitative estimate of drug-likeness (QED) is 0.777. The minimum Gasteiger partial charge on any atom is -0.398 e. The van der Waals surface area contributed by atoms with E-state index in [0.29, 0.717) is 37.3 Å². The van der Waals surface area contributed by atoms with Gasteiger partial charge in [0.2, 0.25) is 5.91 Å². The van der Waals surface area contributed by atoms with Gasteiger partial charge in [-0.1, -0.05) is 6.07 Å². The van der Waals surface area contributed by atoms with Gasteiger partial charge >= 0.3 is 0 Å². The van der Waals surface area contributed by atoms with Gasteiger partial charge in [-0.3, -0.25) is 9.59 Å². The Morgan fingerprint density at radius 2 is 2.15 bits per heavy atom. The monoisotopic (exact) mass is 273 g/mol. The molecule has 2 fully saturated rings. The molecular formula is C15H19N3O2. The highest BCUT2D eigenvalue weighted by Gasteiger charge is 2.36. The van der Waals surface area contributed by atoms with E-state index in [2.05, 4.69) is 0 Å². The molecule has 0 spiro atoms. The van der Waals surface area contributed by atoms with Crippen LogP contribution in [0.1, 0.15) is 28.8 Å². The normalized spacial score (nSPS) is 22.1. The van der Waals surface area contributed by atoms with Crippen LogP contribution in [0.5, 0.6) is 0 Å². The van der Waals surface area contributed by atoms with Gasteiger partial charge in [0.25, 0.3) is 5.91 Å². The van der Waals surface area contributed by atoms with Crippen molar-refractivity contribution in [1.82, 2.24) is 9.80 Å². The Hall–Kier alpha value is -2.04. The van der Waals surface area contributed by atoms with Crippen LogP contribution in [0.15, 0.2) is 18.2 Å². The molecule has 2 heterocycles. The lowest BCUT2D eigenvalue weighted by molar-refractivity contribution is -0.130. The molecule has 3 rings (SSSR count). The van der Waals surface area contributed by atoms with Crippen LogP contribution in [-0.2, 0) is 4.79 Å². The Morgan fingerprint density at radius 3 is 2.90 bits per heavy atom. The van der Waals surface area contributed by atoms with E-state index in [9.17, 15) is 9.59 Å². The summed E-state index contributed by atoms with van der Waals surface area (Å²) in [6.45, 7) is 3.82. The Morgan fingerprint density at radius 1 is 1.35 bits per heavy atom. The Bertz CT molecular complexity index is 570. The minimum atomic E-state index is 0.00991. The van der Waals surface area contributed by atoms with Crippen molar-refractivity contribution in [2.24, 2.45) is 0 Å². The van der Waals surface area contributed by atoms with Gasteiger partial charge in [0.05, 0.1) is 0 Å². The number of benzene rings is 1. The number of aryl methyl sites for hydroxylation is 1. The van der Waals surface area contributed by atoms with E-state index in [1.807, 2.05) is 28.9 Å². The molecular weight excluding hydrogens is 254 g/mol. The van der Waals surface area contributed by atoms with Crippen LogP contribution in [0.3, 0.4) is 0 Å². The first-order valence-electron chi connectivity index (χ1n) is 7.01. The second kappa shape index (κ2) is 4.81. The zero-order valence-electron chi connectivity index (χ0n) is 11.6. The largest absolute Gasteiger partial charge is 0.398 e. The van der Waals surface area contributed by atoms with E-state index < -0.39 is 0 Å². The van der Waals surface area contributed by atoms with Crippen molar-refractivity contribution in [3.05, 3.63) is 29.3 Å². The third-order valence-electron chi connectivity index (χ3n) is 4.31. The van der Waals surface area contributed by atoms with Crippen LogP contribution in [0.4, 0.5) is 5.69 Å². The molecule has 1 atom stereocenters. The second-order valence-electron chi connectivity index (χ2n) is 5.60. The van der Waals surface area contributed by atoms with Crippen LogP contribution >= 0.6 is 0 Å². The number of carbonyl (C=O) groups is 2. The van der Waals surface area contributed by atoms with E-state index in [-0.39, 0.29) is 17.9 Å². The number of nitrogen functional groups attached to an aromatic ring is 1. The summed E-state index contributed by atoms with van der Waals surface area (Å²) in [6.07, 6.45) is 1.48. The van der Waals surface area contributed by atoms with Gasteiger partial charge in [-0.15, -0.1) is 0 Å². The smallest absolute Gasteiger partial charge is 0.254 e. The number of nitrogens with two attached hydrogens (primary N) is 1. The van der Waals surface area contributed by atoms with Gasteiger partial charge in [-0.2, -0.15) is 0 Å². The van der Waals surface area contributed by atoms with Gasteiger partial charge < -0.3 is 15.5 Å². The van der Waals surface area contributed by atoms with Crippen molar-refractivity contribution in [2.45, 2.75) is 25.8 Å². The first kappa shape index (κ1) is 13.0. The first-order valence-corrected chi connectivity index (χ1v) is 7.01. The molecule has 5 nitrogen and oxygen atoms in total. The lowest BCUT2D eigenvalue weighted by Gasteiger charge is -2.37. The highest BCUT2D eigenvalue weighted by molar-refractivity contribution is 5.95. The highest BCUT2D eigenvalue weighted by atomic mass is 16.2. The number of anilines is 1. The fourth-order valence-corrected chi connectivity index (χ4v) is 3.00. The van der Waals surface area contributed by atoms with Gasteiger partial charge in [0.15, 0.2) is 0 Å². The molecule has 0 radical (unpaired) electrons. The van der Waals surface area contributed by atoms with E-state index >= 15 is 0 Å². The van der Waals surface area contributed by atoms with Crippen molar-refractivity contribution >= 4 is 17.5 Å². The summed E-state index contributed by atoms with van der Waals surface area (Å²) in [5.74, 6) is 0.234. The Balaban J connectivity index is 1.75. The molecule has 0 aromatic heterocycles. The summed E-state index contributed by atoms with van der Waals surface area (Å²) in [5, 5.41) is 0. The van der Waals surface area contributed by atoms with Crippen LogP contribution in [-0.4, -0.2) is 47.3 Å². The maximum atomic E-state index is 12.5. The molecule has 1 unspecified atom stereocenters. The molecule has 0 aliphatic carbocycles. The molecule has 106 valence electrons. The maximum absolute atomic E-state index is 12.5. The van der Waals surface area contributed by atoms with Gasteiger partial charge in [-0.25, -0.2) is 0 Å². The minimum absolute atomic E-state index is 0.00991. The topological polar surface area (TPSA) is 66.6 Å². The zero-order valence-corrected chi connectivity index (χ0v) is 11.6. The van der Waals surface area contributed by atoms with Crippen LogP contribution < -0.4 is 5.73 Å². The maximum Gasteiger partial charge on any atom is 0.254 e. The van der Waals surface area contributed by atoms with Gasteiger partial charge in [0, 0.05) is 43.3 Å². The van der Waals surface area contributed by atoms with Gasteiger partial charge in [-0.05, 0) is 31.0 Å². The SMILES string of the molecule is Cc1ccc(C(=O)N2CCN3C(=O)CCC3C2)cc1N. The van der Waals surface area contributed by atoms with Crippen LogP contribution in [0.25, 0.3) is 0 Å². The predicted molar refractivity (Wildman–Crippen MR) is 76.2 cm³/mol. The Kier molecular flexibility index (Phi) is 3.12. The third kappa shape index (κ3) is 2.13. The van der Waals surface area contributed by atoms with E-state index in [4.69, 9.17) is 5.73 Å². The molecule has 2 saturated heterocycles. The van der Waals surface area contributed by atoms with E-state index in [0.717, 1.165) is 12.0 Å². The summed E-state index contributed by atoms with van der Waals surface area (Å²) in [5.41, 5.74) is 8.12. The van der Waals surface area contributed by atoms with Crippen molar-refractivity contribution in [2.75, 3.05) is 25.4 Å². The number of amides is 2. The fraction of sp³-hybridized carbons (Fsp3) is 0.467.